The van der Waals surface area contributed by atoms with Gasteiger partial charge in [-0.15, -0.1) is 0 Å². The molecular weight excluding hydrogens is 394 g/mol. The zero-order valence-electron chi connectivity index (χ0n) is 18.3. The van der Waals surface area contributed by atoms with Crippen molar-refractivity contribution in [2.75, 3.05) is 5.32 Å². The molecule has 4 heteroatoms. The second-order valence-electron chi connectivity index (χ2n) is 10.1. The third-order valence-electron chi connectivity index (χ3n) is 7.76. The SMILES string of the molecule is O=C(Nc1ccn(C23CC4CC(CC(C4)C2)C3)n1)/C(=C/c1ccccc1)c1ccccc1. The molecule has 0 spiro atoms. The Hall–Kier alpha value is -3.14. The summed E-state index contributed by atoms with van der Waals surface area (Å²) in [7, 11) is 0. The maximum absolute atomic E-state index is 13.3. The van der Waals surface area contributed by atoms with Crippen LogP contribution >= 0.6 is 0 Å². The summed E-state index contributed by atoms with van der Waals surface area (Å²) in [5.41, 5.74) is 2.70. The quantitative estimate of drug-likeness (QED) is 0.405. The number of amides is 1. The molecule has 1 heterocycles. The minimum atomic E-state index is -0.129. The average Bonchev–Trinajstić information content (AvgIpc) is 3.27. The maximum Gasteiger partial charge on any atom is 0.257 e. The van der Waals surface area contributed by atoms with Crippen LogP contribution in [-0.2, 0) is 10.3 Å². The fraction of sp³-hybridized carbons (Fsp3) is 0.357. The molecule has 4 nitrogen and oxygen atoms in total. The highest BCUT2D eigenvalue weighted by Gasteiger charge is 2.52. The fourth-order valence-corrected chi connectivity index (χ4v) is 6.80. The Kier molecular flexibility index (Phi) is 4.74. The Morgan fingerprint density at radius 2 is 1.47 bits per heavy atom. The Bertz CT molecular complexity index is 1110. The third kappa shape index (κ3) is 3.58. The predicted molar refractivity (Wildman–Crippen MR) is 128 cm³/mol. The van der Waals surface area contributed by atoms with Gasteiger partial charge in [-0.05, 0) is 73.5 Å². The smallest absolute Gasteiger partial charge is 0.257 e. The second-order valence-corrected chi connectivity index (χ2v) is 10.1. The molecule has 4 aliphatic carbocycles. The van der Waals surface area contributed by atoms with Crippen molar-refractivity contribution in [2.45, 2.75) is 44.1 Å². The maximum atomic E-state index is 13.3. The number of benzene rings is 2. The molecule has 0 atom stereocenters. The summed E-state index contributed by atoms with van der Waals surface area (Å²) in [6, 6.07) is 21.8. The van der Waals surface area contributed by atoms with E-state index < -0.39 is 0 Å². The van der Waals surface area contributed by atoms with E-state index in [0.717, 1.165) is 28.9 Å². The average molecular weight is 424 g/mol. The Morgan fingerprint density at radius 1 is 0.875 bits per heavy atom. The summed E-state index contributed by atoms with van der Waals surface area (Å²) in [4.78, 5) is 13.3. The Labute approximate surface area is 189 Å². The minimum absolute atomic E-state index is 0.129. The molecule has 4 aliphatic rings. The van der Waals surface area contributed by atoms with Crippen LogP contribution in [0.3, 0.4) is 0 Å². The molecule has 0 unspecified atom stereocenters. The van der Waals surface area contributed by atoms with Gasteiger partial charge in [-0.3, -0.25) is 9.48 Å². The van der Waals surface area contributed by atoms with Crippen LogP contribution in [0.5, 0.6) is 0 Å². The number of hydrogen-bond acceptors (Lipinski definition) is 2. The van der Waals surface area contributed by atoms with Crippen LogP contribution in [0, 0.1) is 17.8 Å². The number of carbonyl (C=O) groups excluding carboxylic acids is 1. The van der Waals surface area contributed by atoms with Crippen molar-refractivity contribution in [3.05, 3.63) is 84.1 Å². The molecule has 0 saturated heterocycles. The van der Waals surface area contributed by atoms with Gasteiger partial charge in [-0.25, -0.2) is 0 Å². The molecule has 32 heavy (non-hydrogen) atoms. The first-order valence-electron chi connectivity index (χ1n) is 11.9. The Morgan fingerprint density at radius 3 is 2.09 bits per heavy atom. The molecule has 4 saturated carbocycles. The van der Waals surface area contributed by atoms with E-state index in [9.17, 15) is 4.79 Å². The normalized spacial score (nSPS) is 28.6. The third-order valence-corrected chi connectivity index (χ3v) is 7.76. The highest BCUT2D eigenvalue weighted by Crippen LogP contribution is 2.58. The molecule has 1 N–H and O–H groups in total. The predicted octanol–water partition coefficient (Wildman–Crippen LogP) is 5.99. The number of nitrogens with zero attached hydrogens (tertiary/aromatic N) is 2. The highest BCUT2D eigenvalue weighted by molar-refractivity contribution is 6.29. The van der Waals surface area contributed by atoms with Crippen LogP contribution < -0.4 is 5.32 Å². The van der Waals surface area contributed by atoms with E-state index in [1.165, 1.54) is 38.5 Å². The van der Waals surface area contributed by atoms with Gasteiger partial charge in [0, 0.05) is 17.8 Å². The molecule has 162 valence electrons. The van der Waals surface area contributed by atoms with Crippen LogP contribution in [0.1, 0.15) is 49.7 Å². The number of carbonyl (C=O) groups is 1. The van der Waals surface area contributed by atoms with E-state index in [1.54, 1.807) is 0 Å². The topological polar surface area (TPSA) is 46.9 Å². The lowest BCUT2D eigenvalue weighted by atomic mass is 9.53. The molecule has 1 amide bonds. The van der Waals surface area contributed by atoms with E-state index in [4.69, 9.17) is 5.10 Å². The van der Waals surface area contributed by atoms with Gasteiger partial charge in [-0.1, -0.05) is 60.7 Å². The monoisotopic (exact) mass is 423 g/mol. The molecule has 3 aromatic rings. The standard InChI is InChI=1S/C28H29N3O/c32-27(25(24-9-5-2-6-10-24)16-20-7-3-1-4-8-20)29-26-11-12-31(30-26)28-17-21-13-22(18-28)15-23(14-21)19-28/h1-12,16,21-23H,13-15,17-19H2,(H,29,30,32)/b25-16+. The zero-order valence-corrected chi connectivity index (χ0v) is 18.3. The number of anilines is 1. The molecule has 1 aromatic heterocycles. The van der Waals surface area contributed by atoms with Gasteiger partial charge in [0.1, 0.15) is 0 Å². The summed E-state index contributed by atoms with van der Waals surface area (Å²) < 4.78 is 2.19. The molecule has 2 aromatic carbocycles. The molecule has 0 aliphatic heterocycles. The number of hydrogen-bond donors (Lipinski definition) is 1. The first-order chi connectivity index (χ1) is 15.7. The van der Waals surface area contributed by atoms with Gasteiger partial charge in [0.05, 0.1) is 5.54 Å². The van der Waals surface area contributed by atoms with Crippen LogP contribution in [-0.4, -0.2) is 15.7 Å². The van der Waals surface area contributed by atoms with Gasteiger partial charge in [0.25, 0.3) is 5.91 Å². The highest BCUT2D eigenvalue weighted by atomic mass is 16.1. The summed E-state index contributed by atoms with van der Waals surface area (Å²) in [6.07, 6.45) is 12.0. The summed E-state index contributed by atoms with van der Waals surface area (Å²) in [6.45, 7) is 0. The zero-order chi connectivity index (χ0) is 21.5. The van der Waals surface area contributed by atoms with Gasteiger partial charge in [0.2, 0.25) is 0 Å². The first-order valence-corrected chi connectivity index (χ1v) is 11.9. The lowest BCUT2D eigenvalue weighted by Crippen LogP contribution is -2.52. The number of aromatic nitrogens is 2. The molecule has 4 fully saturated rings. The molecular formula is C28H29N3O. The van der Waals surface area contributed by atoms with Crippen molar-refractivity contribution in [2.24, 2.45) is 17.8 Å². The lowest BCUT2D eigenvalue weighted by Gasteiger charge is -2.56. The van der Waals surface area contributed by atoms with Crippen molar-refractivity contribution in [3.8, 4) is 0 Å². The van der Waals surface area contributed by atoms with Crippen LogP contribution in [0.15, 0.2) is 72.9 Å². The summed E-state index contributed by atoms with van der Waals surface area (Å²) >= 11 is 0. The van der Waals surface area contributed by atoms with E-state index in [1.807, 2.05) is 72.8 Å². The van der Waals surface area contributed by atoms with E-state index in [0.29, 0.717) is 11.4 Å². The number of nitrogens with one attached hydrogen (secondary N) is 1. The van der Waals surface area contributed by atoms with Gasteiger partial charge in [-0.2, -0.15) is 5.10 Å². The van der Waals surface area contributed by atoms with Crippen LogP contribution in [0.25, 0.3) is 11.6 Å². The van der Waals surface area contributed by atoms with Crippen molar-refractivity contribution < 1.29 is 4.79 Å². The molecule has 7 rings (SSSR count). The van der Waals surface area contributed by atoms with Crippen molar-refractivity contribution in [3.63, 3.8) is 0 Å². The lowest BCUT2D eigenvalue weighted by molar-refractivity contribution is -0.111. The van der Waals surface area contributed by atoms with E-state index in [-0.39, 0.29) is 11.4 Å². The fourth-order valence-electron chi connectivity index (χ4n) is 6.80. The molecule has 0 radical (unpaired) electrons. The summed E-state index contributed by atoms with van der Waals surface area (Å²) in [5, 5.41) is 7.95. The van der Waals surface area contributed by atoms with E-state index in [2.05, 4.69) is 16.2 Å². The van der Waals surface area contributed by atoms with Gasteiger partial charge >= 0.3 is 0 Å². The Balaban J connectivity index is 1.26. The summed E-state index contributed by atoms with van der Waals surface area (Å²) in [5.74, 6) is 3.10. The molecule has 4 bridgehead atoms. The first kappa shape index (κ1) is 19.5. The van der Waals surface area contributed by atoms with Crippen molar-refractivity contribution >= 4 is 23.4 Å². The van der Waals surface area contributed by atoms with E-state index >= 15 is 0 Å². The number of rotatable bonds is 5. The van der Waals surface area contributed by atoms with Crippen LogP contribution in [0.2, 0.25) is 0 Å². The van der Waals surface area contributed by atoms with Crippen molar-refractivity contribution in [1.82, 2.24) is 9.78 Å². The van der Waals surface area contributed by atoms with Crippen LogP contribution in [0.4, 0.5) is 5.82 Å². The van der Waals surface area contributed by atoms with Crippen molar-refractivity contribution in [1.29, 1.82) is 0 Å². The largest absolute Gasteiger partial charge is 0.305 e. The minimum Gasteiger partial charge on any atom is -0.305 e. The van der Waals surface area contributed by atoms with Gasteiger partial charge < -0.3 is 5.32 Å². The van der Waals surface area contributed by atoms with Gasteiger partial charge in [0.15, 0.2) is 5.82 Å². The second kappa shape index (κ2) is 7.77.